The summed E-state index contributed by atoms with van der Waals surface area (Å²) in [7, 11) is 0. The summed E-state index contributed by atoms with van der Waals surface area (Å²) in [6.07, 6.45) is -0.257. The molecule has 0 unspecified atom stereocenters. The third-order valence-electron chi connectivity index (χ3n) is 1.69. The second-order valence-corrected chi connectivity index (χ2v) is 2.59. The van der Waals surface area contributed by atoms with Gasteiger partial charge in [-0.1, -0.05) is 0 Å². The summed E-state index contributed by atoms with van der Waals surface area (Å²) in [4.78, 5) is 0. The topological polar surface area (TPSA) is 44.0 Å². The van der Waals surface area contributed by atoms with Crippen LogP contribution in [-0.4, -0.2) is 17.1 Å². The van der Waals surface area contributed by atoms with Crippen molar-refractivity contribution in [2.24, 2.45) is 0 Å². The summed E-state index contributed by atoms with van der Waals surface area (Å²) < 4.78 is 24.5. The van der Waals surface area contributed by atoms with Crippen LogP contribution in [0.5, 0.6) is 0 Å². The van der Waals surface area contributed by atoms with E-state index in [-0.39, 0.29) is 25.7 Å². The van der Waals surface area contributed by atoms with E-state index in [0.29, 0.717) is 0 Å². The van der Waals surface area contributed by atoms with E-state index >= 15 is 0 Å². The van der Waals surface area contributed by atoms with Crippen LogP contribution in [0.3, 0.4) is 0 Å². The molecule has 1 aliphatic rings. The Morgan fingerprint density at radius 1 is 1.27 bits per heavy atom. The fraction of sp³-hybridized carbons (Fsp3) is 0.857. The first-order valence-corrected chi connectivity index (χ1v) is 3.42. The molecule has 4 heteroatoms. The van der Waals surface area contributed by atoms with Crippen molar-refractivity contribution in [2.45, 2.75) is 37.7 Å². The van der Waals surface area contributed by atoms with E-state index < -0.39 is 12.0 Å². The molecule has 64 valence electrons. The Kier molecular flexibility index (Phi) is 3.98. The van der Waals surface area contributed by atoms with E-state index in [9.17, 15) is 8.78 Å². The van der Waals surface area contributed by atoms with E-state index in [0.717, 1.165) is 0 Å². The molecule has 1 aliphatic carbocycles. The Labute approximate surface area is 64.4 Å². The van der Waals surface area contributed by atoms with E-state index in [1.54, 1.807) is 0 Å². The SMILES string of the molecule is C#N.OC1CCC(F)(F)CC1. The zero-order chi connectivity index (χ0) is 8.91. The van der Waals surface area contributed by atoms with Gasteiger partial charge in [-0.2, -0.15) is 0 Å². The summed E-state index contributed by atoms with van der Waals surface area (Å²) in [6, 6.07) is 0. The quantitative estimate of drug-likeness (QED) is 0.590. The number of nitriles is 1. The van der Waals surface area contributed by atoms with E-state index in [2.05, 4.69) is 6.57 Å². The van der Waals surface area contributed by atoms with Gasteiger partial charge >= 0.3 is 0 Å². The Balaban J connectivity index is 0.000000461. The van der Waals surface area contributed by atoms with Gasteiger partial charge in [0.05, 0.1) is 6.10 Å². The molecule has 0 heterocycles. The van der Waals surface area contributed by atoms with Crippen molar-refractivity contribution < 1.29 is 13.9 Å². The predicted molar refractivity (Wildman–Crippen MR) is 36.1 cm³/mol. The van der Waals surface area contributed by atoms with Crippen LogP contribution in [0.4, 0.5) is 8.78 Å². The molecule has 0 aromatic rings. The Bertz CT molecular complexity index is 126. The molecule has 11 heavy (non-hydrogen) atoms. The van der Waals surface area contributed by atoms with Crippen molar-refractivity contribution in [3.8, 4) is 6.57 Å². The van der Waals surface area contributed by atoms with Crippen LogP contribution in [0.1, 0.15) is 25.7 Å². The number of alkyl halides is 2. The zero-order valence-electron chi connectivity index (χ0n) is 6.13. The molecule has 0 aliphatic heterocycles. The third kappa shape index (κ3) is 3.89. The molecule has 1 fully saturated rings. The van der Waals surface area contributed by atoms with Gasteiger partial charge in [0, 0.05) is 19.4 Å². The Morgan fingerprint density at radius 3 is 1.91 bits per heavy atom. The molecule has 2 nitrogen and oxygen atoms in total. The average molecular weight is 163 g/mol. The van der Waals surface area contributed by atoms with Gasteiger partial charge in [0.15, 0.2) is 0 Å². The van der Waals surface area contributed by atoms with Gasteiger partial charge in [0.1, 0.15) is 0 Å². The number of rotatable bonds is 0. The molecule has 1 rings (SSSR count). The molecular formula is C7H11F2NO. The zero-order valence-corrected chi connectivity index (χ0v) is 6.13. The first-order chi connectivity index (χ1) is 5.10. The maximum Gasteiger partial charge on any atom is 0.248 e. The molecule has 0 amide bonds. The Morgan fingerprint density at radius 2 is 1.64 bits per heavy atom. The average Bonchev–Trinajstić information content (AvgIpc) is 2.00. The highest BCUT2D eigenvalue weighted by atomic mass is 19.3. The molecule has 1 saturated carbocycles. The van der Waals surface area contributed by atoms with Crippen molar-refractivity contribution in [1.82, 2.24) is 0 Å². The fourth-order valence-corrected chi connectivity index (χ4v) is 1.02. The third-order valence-corrected chi connectivity index (χ3v) is 1.69. The molecule has 0 aromatic heterocycles. The number of nitrogens with zero attached hydrogens (tertiary/aromatic N) is 1. The van der Waals surface area contributed by atoms with Crippen molar-refractivity contribution in [3.05, 3.63) is 0 Å². The minimum atomic E-state index is -2.50. The molecule has 0 saturated heterocycles. The van der Waals surface area contributed by atoms with Gasteiger partial charge in [0.2, 0.25) is 5.92 Å². The molecule has 0 bridgehead atoms. The first-order valence-electron chi connectivity index (χ1n) is 3.42. The monoisotopic (exact) mass is 163 g/mol. The highest BCUT2D eigenvalue weighted by molar-refractivity contribution is 4.76. The Hall–Kier alpha value is -0.690. The van der Waals surface area contributed by atoms with Crippen LogP contribution in [0, 0.1) is 11.8 Å². The number of aliphatic hydroxyl groups excluding tert-OH is 1. The molecule has 0 spiro atoms. The van der Waals surface area contributed by atoms with Crippen LogP contribution in [-0.2, 0) is 0 Å². The van der Waals surface area contributed by atoms with E-state index in [1.807, 2.05) is 0 Å². The summed E-state index contributed by atoms with van der Waals surface area (Å²) in [5.74, 6) is -2.50. The van der Waals surface area contributed by atoms with Crippen molar-refractivity contribution in [2.75, 3.05) is 0 Å². The van der Waals surface area contributed by atoms with E-state index in [4.69, 9.17) is 10.4 Å². The van der Waals surface area contributed by atoms with Crippen LogP contribution >= 0.6 is 0 Å². The fourth-order valence-electron chi connectivity index (χ4n) is 1.02. The normalized spacial score (nSPS) is 23.4. The van der Waals surface area contributed by atoms with Crippen LogP contribution in [0.15, 0.2) is 0 Å². The second kappa shape index (κ2) is 4.24. The van der Waals surface area contributed by atoms with Crippen LogP contribution < -0.4 is 0 Å². The highest BCUT2D eigenvalue weighted by Gasteiger charge is 2.33. The summed E-state index contributed by atoms with van der Waals surface area (Å²) in [6.45, 7) is 3.50. The maximum absolute atomic E-state index is 12.3. The standard InChI is InChI=1S/C6H10F2O.CHN/c7-6(8)3-1-5(9)2-4-6;1-2/h5,9H,1-4H2;1H. The van der Waals surface area contributed by atoms with Gasteiger partial charge in [0.25, 0.3) is 0 Å². The lowest BCUT2D eigenvalue weighted by Crippen LogP contribution is -2.26. The maximum atomic E-state index is 12.3. The van der Waals surface area contributed by atoms with Gasteiger partial charge < -0.3 is 5.11 Å². The lowest BCUT2D eigenvalue weighted by Gasteiger charge is -2.24. The van der Waals surface area contributed by atoms with Crippen LogP contribution in [0.25, 0.3) is 0 Å². The number of aliphatic hydroxyl groups is 1. The smallest absolute Gasteiger partial charge is 0.248 e. The van der Waals surface area contributed by atoms with E-state index in [1.165, 1.54) is 0 Å². The predicted octanol–water partition coefficient (Wildman–Crippen LogP) is 1.70. The lowest BCUT2D eigenvalue weighted by molar-refractivity contribution is -0.0630. The molecular weight excluding hydrogens is 152 g/mol. The van der Waals surface area contributed by atoms with Crippen molar-refractivity contribution >= 4 is 0 Å². The minimum absolute atomic E-state index is 0.145. The largest absolute Gasteiger partial charge is 0.393 e. The lowest BCUT2D eigenvalue weighted by atomic mass is 9.94. The molecule has 0 aromatic carbocycles. The van der Waals surface area contributed by atoms with Crippen molar-refractivity contribution in [1.29, 1.82) is 5.26 Å². The highest BCUT2D eigenvalue weighted by Crippen LogP contribution is 2.32. The van der Waals surface area contributed by atoms with Gasteiger partial charge in [-0.15, -0.1) is 0 Å². The van der Waals surface area contributed by atoms with Gasteiger partial charge in [-0.3, -0.25) is 0 Å². The number of hydrogen-bond acceptors (Lipinski definition) is 2. The first kappa shape index (κ1) is 10.3. The number of hydrogen-bond donors (Lipinski definition) is 1. The second-order valence-electron chi connectivity index (χ2n) is 2.59. The van der Waals surface area contributed by atoms with Gasteiger partial charge in [-0.05, 0) is 12.8 Å². The summed E-state index contributed by atoms with van der Waals surface area (Å²) >= 11 is 0. The van der Waals surface area contributed by atoms with Crippen LogP contribution in [0.2, 0.25) is 0 Å². The molecule has 0 radical (unpaired) electrons. The molecule has 1 N–H and O–H groups in total. The summed E-state index contributed by atoms with van der Waals surface area (Å²) in [5.41, 5.74) is 0. The number of halogens is 2. The van der Waals surface area contributed by atoms with Gasteiger partial charge in [-0.25, -0.2) is 14.0 Å². The minimum Gasteiger partial charge on any atom is -0.393 e. The summed E-state index contributed by atoms with van der Waals surface area (Å²) in [5, 5.41) is 15.3. The van der Waals surface area contributed by atoms with Crippen molar-refractivity contribution in [3.63, 3.8) is 0 Å². The molecule has 0 atom stereocenters.